The molecule has 0 saturated carbocycles. The first-order valence-electron chi connectivity index (χ1n) is 9.68. The van der Waals surface area contributed by atoms with Crippen molar-refractivity contribution in [1.82, 2.24) is 15.1 Å². The van der Waals surface area contributed by atoms with Crippen LogP contribution in [0.15, 0.2) is 34.9 Å². The predicted molar refractivity (Wildman–Crippen MR) is 112 cm³/mol. The topological polar surface area (TPSA) is 96.2 Å². The van der Waals surface area contributed by atoms with Crippen LogP contribution < -0.4 is 15.5 Å². The van der Waals surface area contributed by atoms with Crippen molar-refractivity contribution in [1.29, 1.82) is 0 Å². The van der Waals surface area contributed by atoms with Gasteiger partial charge in [0.05, 0.1) is 0 Å². The average Bonchev–Trinajstić information content (AvgIpc) is 3.13. The summed E-state index contributed by atoms with van der Waals surface area (Å²) in [5.74, 6) is 2.85. The van der Waals surface area contributed by atoms with Gasteiger partial charge in [-0.1, -0.05) is 5.16 Å². The van der Waals surface area contributed by atoms with E-state index >= 15 is 0 Å². The van der Waals surface area contributed by atoms with Gasteiger partial charge in [-0.3, -0.25) is 4.79 Å². The molecule has 150 valence electrons. The van der Waals surface area contributed by atoms with Gasteiger partial charge in [0.25, 0.3) is 5.91 Å². The number of hydrogen-bond acceptors (Lipinski definition) is 7. The second-order valence-electron chi connectivity index (χ2n) is 7.35. The molecule has 29 heavy (non-hydrogen) atoms. The molecule has 2 heterocycles. The number of hydrogen-bond donors (Lipinski definition) is 2. The van der Waals surface area contributed by atoms with Crippen LogP contribution in [-0.2, 0) is 12.8 Å². The maximum absolute atomic E-state index is 12.6. The van der Waals surface area contributed by atoms with Crippen molar-refractivity contribution >= 4 is 28.9 Å². The Labute approximate surface area is 169 Å². The fourth-order valence-corrected chi connectivity index (χ4v) is 3.38. The summed E-state index contributed by atoms with van der Waals surface area (Å²) in [4.78, 5) is 23.3. The number of carbonyl (C=O) groups is 1. The molecule has 0 bridgehead atoms. The molecule has 1 amide bonds. The van der Waals surface area contributed by atoms with Crippen LogP contribution in [0.1, 0.15) is 40.5 Å². The molecular weight excluding hydrogens is 368 g/mol. The van der Waals surface area contributed by atoms with E-state index < -0.39 is 0 Å². The lowest BCUT2D eigenvalue weighted by Gasteiger charge is -2.14. The van der Waals surface area contributed by atoms with E-state index in [9.17, 15) is 4.79 Å². The van der Waals surface area contributed by atoms with E-state index in [4.69, 9.17) is 4.52 Å². The van der Waals surface area contributed by atoms with E-state index in [1.165, 1.54) is 0 Å². The molecule has 0 unspecified atom stereocenters. The summed E-state index contributed by atoms with van der Waals surface area (Å²) in [6.45, 7) is 1.86. The summed E-state index contributed by atoms with van der Waals surface area (Å²) in [5, 5.41) is 10.1. The number of nitrogens with one attached hydrogen (secondary N) is 2. The Morgan fingerprint density at radius 1 is 1.07 bits per heavy atom. The quantitative estimate of drug-likeness (QED) is 0.683. The van der Waals surface area contributed by atoms with Crippen LogP contribution in [0.3, 0.4) is 0 Å². The van der Waals surface area contributed by atoms with Gasteiger partial charge >= 0.3 is 0 Å². The van der Waals surface area contributed by atoms with Crippen LogP contribution in [0.4, 0.5) is 23.0 Å². The molecule has 3 aromatic rings. The van der Waals surface area contributed by atoms with Crippen LogP contribution in [0, 0.1) is 6.92 Å². The number of aryl methyl sites for hydroxylation is 2. The molecule has 4 rings (SSSR count). The van der Waals surface area contributed by atoms with Crippen LogP contribution in [0.5, 0.6) is 0 Å². The van der Waals surface area contributed by atoms with Crippen LogP contribution in [0.2, 0.25) is 0 Å². The minimum Gasteiger partial charge on any atom is -0.363 e. The number of nitrogens with zero attached hydrogens (tertiary/aromatic N) is 4. The van der Waals surface area contributed by atoms with E-state index in [1.807, 2.05) is 56.3 Å². The van der Waals surface area contributed by atoms with Gasteiger partial charge in [-0.25, -0.2) is 9.97 Å². The Hall–Kier alpha value is -3.42. The van der Waals surface area contributed by atoms with Gasteiger partial charge in [0.1, 0.15) is 23.2 Å². The normalized spacial score (nSPS) is 12.9. The van der Waals surface area contributed by atoms with E-state index in [-0.39, 0.29) is 5.91 Å². The minimum absolute atomic E-state index is 0.236. The van der Waals surface area contributed by atoms with Crippen molar-refractivity contribution in [3.05, 3.63) is 53.2 Å². The van der Waals surface area contributed by atoms with E-state index in [1.54, 1.807) is 0 Å². The third-order valence-corrected chi connectivity index (χ3v) is 4.86. The van der Waals surface area contributed by atoms with Crippen molar-refractivity contribution in [2.75, 3.05) is 29.6 Å². The first kappa shape index (κ1) is 18.9. The molecule has 8 nitrogen and oxygen atoms in total. The Morgan fingerprint density at radius 3 is 2.55 bits per heavy atom. The summed E-state index contributed by atoms with van der Waals surface area (Å²) >= 11 is 0. The third kappa shape index (κ3) is 4.21. The summed E-state index contributed by atoms with van der Waals surface area (Å²) in [6.07, 6.45) is 3.85. The highest BCUT2D eigenvalue weighted by Crippen LogP contribution is 2.25. The van der Waals surface area contributed by atoms with Gasteiger partial charge in [-0.05, 0) is 50.5 Å². The maximum Gasteiger partial charge on any atom is 0.278 e. The number of benzene rings is 1. The zero-order chi connectivity index (χ0) is 20.4. The van der Waals surface area contributed by atoms with Crippen LogP contribution in [-0.4, -0.2) is 35.1 Å². The lowest BCUT2D eigenvalue weighted by molar-refractivity contribution is 0.101. The van der Waals surface area contributed by atoms with Gasteiger partial charge < -0.3 is 20.1 Å². The van der Waals surface area contributed by atoms with E-state index in [2.05, 4.69) is 25.8 Å². The Morgan fingerprint density at radius 2 is 1.79 bits per heavy atom. The lowest BCUT2D eigenvalue weighted by Crippen LogP contribution is -2.15. The second-order valence-corrected chi connectivity index (χ2v) is 7.35. The number of amides is 1. The highest BCUT2D eigenvalue weighted by atomic mass is 16.5. The first-order valence-corrected chi connectivity index (χ1v) is 9.68. The van der Waals surface area contributed by atoms with E-state index in [0.29, 0.717) is 23.0 Å². The standard InChI is InChI=1S/C21H24N6O2/c1-13-22-18(12-19(23-13)27(2)3)24-14-8-10-15(11-9-14)25-21(28)20-16-6-4-5-7-17(16)29-26-20/h8-12H,4-7H2,1-3H3,(H,25,28)(H,22,23,24). The Balaban J connectivity index is 1.44. The molecule has 0 saturated heterocycles. The molecule has 2 aromatic heterocycles. The second kappa shape index (κ2) is 7.90. The number of anilines is 4. The molecule has 0 radical (unpaired) electrons. The zero-order valence-corrected chi connectivity index (χ0v) is 16.8. The van der Waals surface area contributed by atoms with Gasteiger partial charge in [-0.15, -0.1) is 0 Å². The molecule has 8 heteroatoms. The van der Waals surface area contributed by atoms with Crippen molar-refractivity contribution in [3.63, 3.8) is 0 Å². The molecule has 1 aliphatic rings. The maximum atomic E-state index is 12.6. The Kier molecular flexibility index (Phi) is 5.16. The lowest BCUT2D eigenvalue weighted by atomic mass is 9.96. The van der Waals surface area contributed by atoms with Crippen LogP contribution in [0.25, 0.3) is 0 Å². The van der Waals surface area contributed by atoms with Crippen molar-refractivity contribution in [2.45, 2.75) is 32.6 Å². The Bertz CT molecular complexity index is 1030. The summed E-state index contributed by atoms with van der Waals surface area (Å²) in [6, 6.07) is 9.35. The van der Waals surface area contributed by atoms with Crippen molar-refractivity contribution in [2.24, 2.45) is 0 Å². The molecule has 0 fully saturated rings. The minimum atomic E-state index is -0.236. The largest absolute Gasteiger partial charge is 0.363 e. The summed E-state index contributed by atoms with van der Waals surface area (Å²) in [5.41, 5.74) is 2.91. The molecule has 1 aliphatic carbocycles. The van der Waals surface area contributed by atoms with Gasteiger partial charge in [0, 0.05) is 43.5 Å². The number of carbonyl (C=O) groups excluding carboxylic acids is 1. The fourth-order valence-electron chi connectivity index (χ4n) is 3.38. The smallest absolute Gasteiger partial charge is 0.278 e. The van der Waals surface area contributed by atoms with Crippen LogP contribution >= 0.6 is 0 Å². The SMILES string of the molecule is Cc1nc(Nc2ccc(NC(=O)c3noc4c3CCCC4)cc2)cc(N(C)C)n1. The highest BCUT2D eigenvalue weighted by molar-refractivity contribution is 6.04. The van der Waals surface area contributed by atoms with Gasteiger partial charge in [-0.2, -0.15) is 0 Å². The summed E-state index contributed by atoms with van der Waals surface area (Å²) < 4.78 is 5.33. The molecule has 0 aliphatic heterocycles. The molecule has 0 spiro atoms. The zero-order valence-electron chi connectivity index (χ0n) is 16.8. The molecule has 0 atom stereocenters. The molecule has 2 N–H and O–H groups in total. The van der Waals surface area contributed by atoms with E-state index in [0.717, 1.165) is 48.5 Å². The molecule has 1 aromatic carbocycles. The summed E-state index contributed by atoms with van der Waals surface area (Å²) in [7, 11) is 3.88. The predicted octanol–water partition coefficient (Wildman–Crippen LogP) is 3.71. The monoisotopic (exact) mass is 392 g/mol. The molecular formula is C21H24N6O2. The fraction of sp³-hybridized carbons (Fsp3) is 0.333. The van der Waals surface area contributed by atoms with Gasteiger partial charge in [0.2, 0.25) is 0 Å². The highest BCUT2D eigenvalue weighted by Gasteiger charge is 2.23. The van der Waals surface area contributed by atoms with Crippen molar-refractivity contribution < 1.29 is 9.32 Å². The average molecular weight is 392 g/mol. The third-order valence-electron chi connectivity index (χ3n) is 4.86. The number of rotatable bonds is 5. The van der Waals surface area contributed by atoms with Gasteiger partial charge in [0.15, 0.2) is 5.69 Å². The first-order chi connectivity index (χ1) is 14.0. The number of fused-ring (bicyclic) bond motifs is 1. The van der Waals surface area contributed by atoms with Crippen molar-refractivity contribution in [3.8, 4) is 0 Å². The number of aromatic nitrogens is 3.